The smallest absolute Gasteiger partial charge is 0.335 e. The van der Waals surface area contributed by atoms with Gasteiger partial charge >= 0.3 is 5.97 Å². The molecule has 0 aliphatic carbocycles. The molecular formula is C12H10N2O3. The summed E-state index contributed by atoms with van der Waals surface area (Å²) < 4.78 is 1.43. The lowest BCUT2D eigenvalue weighted by atomic mass is 10.2. The molecule has 0 saturated heterocycles. The molecule has 0 aliphatic heterocycles. The summed E-state index contributed by atoms with van der Waals surface area (Å²) in [6, 6.07) is 6.15. The highest BCUT2D eigenvalue weighted by Crippen LogP contribution is 2.00. The van der Waals surface area contributed by atoms with Gasteiger partial charge in [0.1, 0.15) is 0 Å². The van der Waals surface area contributed by atoms with Crippen LogP contribution >= 0.6 is 0 Å². The number of carboxylic acid groups (broad SMARTS) is 1. The Morgan fingerprint density at radius 2 is 2.24 bits per heavy atom. The van der Waals surface area contributed by atoms with Gasteiger partial charge in [-0.15, -0.1) is 0 Å². The van der Waals surface area contributed by atoms with Crippen LogP contribution in [0.15, 0.2) is 47.7 Å². The Hall–Kier alpha value is -2.43. The lowest BCUT2D eigenvalue weighted by Gasteiger charge is -2.05. The number of aromatic nitrogens is 2. The fourth-order valence-electron chi connectivity index (χ4n) is 1.46. The van der Waals surface area contributed by atoms with E-state index >= 15 is 0 Å². The molecule has 0 amide bonds. The number of hydrogen-bond acceptors (Lipinski definition) is 3. The number of carbonyl (C=O) groups is 1. The predicted molar refractivity (Wildman–Crippen MR) is 61.0 cm³/mol. The van der Waals surface area contributed by atoms with Gasteiger partial charge in [-0.05, 0) is 17.7 Å². The molecule has 2 aromatic rings. The van der Waals surface area contributed by atoms with Gasteiger partial charge in [-0.3, -0.25) is 9.78 Å². The molecule has 1 N–H and O–H groups in total. The first kappa shape index (κ1) is 11.1. The van der Waals surface area contributed by atoms with Crippen LogP contribution in [0.4, 0.5) is 0 Å². The fraction of sp³-hybridized carbons (Fsp3) is 0.0833. The third-order valence-corrected chi connectivity index (χ3v) is 2.32. The molecule has 0 spiro atoms. The molecule has 0 aromatic carbocycles. The molecule has 86 valence electrons. The van der Waals surface area contributed by atoms with Crippen LogP contribution in [0.5, 0.6) is 0 Å². The van der Waals surface area contributed by atoms with Crippen molar-refractivity contribution in [2.24, 2.45) is 0 Å². The van der Waals surface area contributed by atoms with Gasteiger partial charge in [0.2, 0.25) is 0 Å². The molecule has 17 heavy (non-hydrogen) atoms. The summed E-state index contributed by atoms with van der Waals surface area (Å²) in [6.45, 7) is 0.382. The van der Waals surface area contributed by atoms with Gasteiger partial charge in [0, 0.05) is 24.7 Å². The number of carboxylic acids is 1. The van der Waals surface area contributed by atoms with Crippen molar-refractivity contribution in [2.75, 3.05) is 0 Å². The van der Waals surface area contributed by atoms with Crippen molar-refractivity contribution in [1.29, 1.82) is 0 Å². The van der Waals surface area contributed by atoms with E-state index in [-0.39, 0.29) is 11.1 Å². The van der Waals surface area contributed by atoms with Gasteiger partial charge in [0.05, 0.1) is 12.1 Å². The van der Waals surface area contributed by atoms with Crippen LogP contribution in [0.1, 0.15) is 15.9 Å². The summed E-state index contributed by atoms with van der Waals surface area (Å²) in [5.41, 5.74) is 0.545. The first-order valence-corrected chi connectivity index (χ1v) is 4.99. The highest BCUT2D eigenvalue weighted by Gasteiger charge is 2.05. The number of pyridine rings is 2. The molecule has 0 unspecified atom stereocenters. The van der Waals surface area contributed by atoms with Crippen molar-refractivity contribution < 1.29 is 9.90 Å². The van der Waals surface area contributed by atoms with Crippen molar-refractivity contribution in [2.45, 2.75) is 6.54 Å². The number of nitrogens with zero attached hydrogens (tertiary/aromatic N) is 2. The average molecular weight is 230 g/mol. The largest absolute Gasteiger partial charge is 0.478 e. The Bertz CT molecular complexity index is 590. The standard InChI is InChI=1S/C12H10N2O3/c15-11-6-10(12(16)17)3-5-14(11)8-9-2-1-4-13-7-9/h1-7H,8H2,(H,16,17). The quantitative estimate of drug-likeness (QED) is 0.853. The molecule has 0 fully saturated rings. The number of rotatable bonds is 3. The first-order chi connectivity index (χ1) is 8.16. The van der Waals surface area contributed by atoms with E-state index in [1.54, 1.807) is 18.5 Å². The summed E-state index contributed by atoms with van der Waals surface area (Å²) >= 11 is 0. The molecule has 5 heteroatoms. The van der Waals surface area contributed by atoms with Gasteiger partial charge in [0.15, 0.2) is 0 Å². The van der Waals surface area contributed by atoms with Gasteiger partial charge in [-0.1, -0.05) is 6.07 Å². The minimum Gasteiger partial charge on any atom is -0.478 e. The maximum atomic E-state index is 11.6. The van der Waals surface area contributed by atoms with Crippen LogP contribution in [0.25, 0.3) is 0 Å². The SMILES string of the molecule is O=C(O)c1ccn(Cc2cccnc2)c(=O)c1. The molecule has 0 radical (unpaired) electrons. The van der Waals surface area contributed by atoms with E-state index < -0.39 is 5.97 Å². The fourth-order valence-corrected chi connectivity index (χ4v) is 1.46. The Morgan fingerprint density at radius 3 is 2.82 bits per heavy atom. The van der Waals surface area contributed by atoms with Gasteiger partial charge in [-0.25, -0.2) is 4.79 Å². The second-order valence-electron chi connectivity index (χ2n) is 3.55. The molecule has 0 bridgehead atoms. The topological polar surface area (TPSA) is 72.2 Å². The van der Waals surface area contributed by atoms with Crippen LogP contribution in [0.3, 0.4) is 0 Å². The Balaban J connectivity index is 2.29. The zero-order valence-corrected chi connectivity index (χ0v) is 8.91. The summed E-state index contributed by atoms with van der Waals surface area (Å²) in [7, 11) is 0. The maximum Gasteiger partial charge on any atom is 0.335 e. The summed E-state index contributed by atoms with van der Waals surface area (Å²) in [4.78, 5) is 26.2. The molecule has 0 saturated carbocycles. The van der Waals surface area contributed by atoms with Gasteiger partial charge in [-0.2, -0.15) is 0 Å². The van der Waals surface area contributed by atoms with Crippen LogP contribution < -0.4 is 5.56 Å². The monoisotopic (exact) mass is 230 g/mol. The van der Waals surface area contributed by atoms with Gasteiger partial charge in [0.25, 0.3) is 5.56 Å². The summed E-state index contributed by atoms with van der Waals surface area (Å²) in [5, 5.41) is 8.73. The average Bonchev–Trinajstić information content (AvgIpc) is 2.33. The minimum atomic E-state index is -1.10. The Morgan fingerprint density at radius 1 is 1.41 bits per heavy atom. The summed E-state index contributed by atoms with van der Waals surface area (Å²) in [6.07, 6.45) is 4.79. The second kappa shape index (κ2) is 4.61. The van der Waals surface area contributed by atoms with E-state index in [9.17, 15) is 9.59 Å². The Labute approximate surface area is 97.0 Å². The number of aromatic carboxylic acids is 1. The van der Waals surface area contributed by atoms with E-state index in [0.717, 1.165) is 11.6 Å². The van der Waals surface area contributed by atoms with Crippen LogP contribution in [0, 0.1) is 0 Å². The highest BCUT2D eigenvalue weighted by atomic mass is 16.4. The van der Waals surface area contributed by atoms with Crippen molar-refractivity contribution >= 4 is 5.97 Å². The van der Waals surface area contributed by atoms with Crippen molar-refractivity contribution in [1.82, 2.24) is 9.55 Å². The van der Waals surface area contributed by atoms with Crippen molar-refractivity contribution in [3.63, 3.8) is 0 Å². The van der Waals surface area contributed by atoms with Crippen molar-refractivity contribution in [3.05, 3.63) is 64.3 Å². The maximum absolute atomic E-state index is 11.6. The molecule has 0 atom stereocenters. The normalized spacial score (nSPS) is 10.1. The van der Waals surface area contributed by atoms with E-state index in [1.165, 1.54) is 16.8 Å². The molecule has 2 rings (SSSR count). The first-order valence-electron chi connectivity index (χ1n) is 4.99. The van der Waals surface area contributed by atoms with E-state index in [2.05, 4.69) is 4.98 Å². The molecule has 2 aromatic heterocycles. The van der Waals surface area contributed by atoms with E-state index in [0.29, 0.717) is 6.54 Å². The van der Waals surface area contributed by atoms with E-state index in [1.807, 2.05) is 6.07 Å². The predicted octanol–water partition coefficient (Wildman–Crippen LogP) is 0.990. The van der Waals surface area contributed by atoms with Gasteiger partial charge < -0.3 is 9.67 Å². The Kier molecular flexibility index (Phi) is 3.00. The lowest BCUT2D eigenvalue weighted by Crippen LogP contribution is -2.20. The lowest BCUT2D eigenvalue weighted by molar-refractivity contribution is 0.0696. The number of hydrogen-bond donors (Lipinski definition) is 1. The van der Waals surface area contributed by atoms with Crippen LogP contribution in [-0.2, 0) is 6.54 Å². The van der Waals surface area contributed by atoms with Crippen molar-refractivity contribution in [3.8, 4) is 0 Å². The molecule has 5 nitrogen and oxygen atoms in total. The zero-order valence-electron chi connectivity index (χ0n) is 8.91. The summed E-state index contributed by atoms with van der Waals surface area (Å²) in [5.74, 6) is -1.10. The highest BCUT2D eigenvalue weighted by molar-refractivity contribution is 5.87. The van der Waals surface area contributed by atoms with E-state index in [4.69, 9.17) is 5.11 Å². The molecule has 0 aliphatic rings. The second-order valence-corrected chi connectivity index (χ2v) is 3.55. The van der Waals surface area contributed by atoms with Crippen LogP contribution in [-0.4, -0.2) is 20.6 Å². The molecular weight excluding hydrogens is 220 g/mol. The molecule has 2 heterocycles. The third-order valence-electron chi connectivity index (χ3n) is 2.32. The van der Waals surface area contributed by atoms with Crippen LogP contribution in [0.2, 0.25) is 0 Å². The third kappa shape index (κ3) is 2.57. The minimum absolute atomic E-state index is 0.00237. The zero-order chi connectivity index (χ0) is 12.3.